The molecule has 1 atom stereocenters. The Balaban J connectivity index is 2.36. The van der Waals surface area contributed by atoms with E-state index in [0.717, 1.165) is 11.3 Å². The Kier molecular flexibility index (Phi) is 2.76. The first-order valence-corrected chi connectivity index (χ1v) is 5.92. The van der Waals surface area contributed by atoms with Crippen LogP contribution in [0, 0.1) is 0 Å². The van der Waals surface area contributed by atoms with Crippen molar-refractivity contribution in [1.29, 1.82) is 0 Å². The Morgan fingerprint density at radius 2 is 2.27 bits per heavy atom. The minimum atomic E-state index is -1.52. The molecule has 3 N–H and O–H groups in total. The first-order valence-electron chi connectivity index (χ1n) is 3.95. The molecule has 0 fully saturated rings. The summed E-state index contributed by atoms with van der Waals surface area (Å²) >= 11 is -0.408. The highest BCUT2D eigenvalue weighted by Gasteiger charge is 2.23. The number of nitrogens with two attached hydrogens (primary N) is 1. The molecule has 0 aliphatic heterocycles. The van der Waals surface area contributed by atoms with Gasteiger partial charge in [-0.3, -0.25) is 0 Å². The molecule has 0 spiro atoms. The standard InChI is InChI=1S/C8H7N3O2S2/c9-8-11-4-6(14-8)15(13)7-5(12)2-1-3-10-7/h1-4,12H,(H2,9,11). The Hall–Kier alpha value is -1.31. The normalized spacial score (nSPS) is 12.6. The highest BCUT2D eigenvalue weighted by Crippen LogP contribution is 2.30. The highest BCUT2D eigenvalue weighted by atomic mass is 32.2. The van der Waals surface area contributed by atoms with E-state index in [1.165, 1.54) is 18.5 Å². The van der Waals surface area contributed by atoms with Crippen molar-refractivity contribution in [2.75, 3.05) is 5.73 Å². The van der Waals surface area contributed by atoms with Crippen LogP contribution in [0.25, 0.3) is 0 Å². The molecule has 1 unspecified atom stereocenters. The zero-order valence-corrected chi connectivity index (χ0v) is 9.09. The summed E-state index contributed by atoms with van der Waals surface area (Å²) in [6.45, 7) is 0. The van der Waals surface area contributed by atoms with Gasteiger partial charge in [0, 0.05) is 6.20 Å². The highest BCUT2D eigenvalue weighted by molar-refractivity contribution is 7.93. The predicted octanol–water partition coefficient (Wildman–Crippen LogP) is 0.993. The fourth-order valence-electron chi connectivity index (χ4n) is 0.978. The van der Waals surface area contributed by atoms with Crippen LogP contribution in [-0.2, 0) is 11.2 Å². The number of nitrogens with zero attached hydrogens (tertiary/aromatic N) is 2. The molecule has 2 heterocycles. The van der Waals surface area contributed by atoms with Crippen molar-refractivity contribution in [3.63, 3.8) is 0 Å². The van der Waals surface area contributed by atoms with Crippen LogP contribution in [0.5, 0.6) is 5.75 Å². The van der Waals surface area contributed by atoms with E-state index in [4.69, 9.17) is 5.73 Å². The zero-order valence-electron chi connectivity index (χ0n) is 7.45. The molecule has 2 rings (SSSR count). The van der Waals surface area contributed by atoms with E-state index in [0.29, 0.717) is 9.34 Å². The number of aromatic nitrogens is 2. The van der Waals surface area contributed by atoms with Crippen LogP contribution in [0.3, 0.4) is 0 Å². The summed E-state index contributed by atoms with van der Waals surface area (Å²) in [6, 6.07) is 3.00. The molecule has 78 valence electrons. The summed E-state index contributed by atoms with van der Waals surface area (Å²) in [5, 5.41) is 9.91. The molecule has 2 aromatic heterocycles. The van der Waals surface area contributed by atoms with Gasteiger partial charge in [0.1, 0.15) is 0 Å². The lowest BCUT2D eigenvalue weighted by atomic mass is 10.5. The maximum Gasteiger partial charge on any atom is 0.293 e. The van der Waals surface area contributed by atoms with E-state index < -0.39 is 11.2 Å². The zero-order chi connectivity index (χ0) is 10.8. The van der Waals surface area contributed by atoms with Crippen molar-refractivity contribution in [2.45, 2.75) is 9.24 Å². The van der Waals surface area contributed by atoms with Crippen LogP contribution in [0.4, 0.5) is 5.13 Å². The lowest BCUT2D eigenvalue weighted by molar-refractivity contribution is 0.452. The topological polar surface area (TPSA) is 95.1 Å². The molecule has 0 aliphatic rings. The molecule has 0 radical (unpaired) electrons. The summed E-state index contributed by atoms with van der Waals surface area (Å²) in [5.41, 5.74) is 5.42. The number of hydrogen-bond acceptors (Lipinski definition) is 6. The SMILES string of the molecule is Nc1ncc([S+]([O-])c2ncccc2O)s1. The molecule has 0 aromatic carbocycles. The van der Waals surface area contributed by atoms with Gasteiger partial charge < -0.3 is 15.4 Å². The van der Waals surface area contributed by atoms with Crippen molar-refractivity contribution < 1.29 is 9.66 Å². The monoisotopic (exact) mass is 241 g/mol. The van der Waals surface area contributed by atoms with Gasteiger partial charge in [0.2, 0.25) is 4.21 Å². The molecule has 15 heavy (non-hydrogen) atoms. The van der Waals surface area contributed by atoms with Gasteiger partial charge in [0.05, 0.1) is 17.4 Å². The molecular weight excluding hydrogens is 234 g/mol. The van der Waals surface area contributed by atoms with Gasteiger partial charge in [-0.1, -0.05) is 0 Å². The van der Waals surface area contributed by atoms with Crippen LogP contribution >= 0.6 is 11.3 Å². The maximum atomic E-state index is 11.9. The lowest BCUT2D eigenvalue weighted by Crippen LogP contribution is -2.02. The minimum absolute atomic E-state index is 0.0946. The van der Waals surface area contributed by atoms with Crippen molar-refractivity contribution in [1.82, 2.24) is 9.97 Å². The molecule has 2 aromatic rings. The summed E-state index contributed by atoms with van der Waals surface area (Å²) in [6.07, 6.45) is 2.89. The van der Waals surface area contributed by atoms with Gasteiger partial charge in [-0.05, 0) is 23.5 Å². The number of hydrogen-bond donors (Lipinski definition) is 2. The van der Waals surface area contributed by atoms with Crippen LogP contribution in [0.15, 0.2) is 33.8 Å². The Bertz CT molecular complexity index is 474. The van der Waals surface area contributed by atoms with E-state index in [9.17, 15) is 9.66 Å². The molecule has 0 bridgehead atoms. The van der Waals surface area contributed by atoms with Crippen LogP contribution in [0.1, 0.15) is 0 Å². The van der Waals surface area contributed by atoms with Gasteiger partial charge in [0.15, 0.2) is 10.9 Å². The van der Waals surface area contributed by atoms with Gasteiger partial charge in [-0.25, -0.2) is 9.97 Å². The minimum Gasteiger partial charge on any atom is -0.604 e. The van der Waals surface area contributed by atoms with Crippen LogP contribution in [-0.4, -0.2) is 19.6 Å². The largest absolute Gasteiger partial charge is 0.604 e. The molecular formula is C8H7N3O2S2. The first-order chi connectivity index (χ1) is 7.18. The van der Waals surface area contributed by atoms with Crippen molar-refractivity contribution in [2.24, 2.45) is 0 Å². The van der Waals surface area contributed by atoms with E-state index >= 15 is 0 Å². The van der Waals surface area contributed by atoms with Crippen molar-refractivity contribution in [3.05, 3.63) is 24.5 Å². The van der Waals surface area contributed by atoms with Gasteiger partial charge in [-0.2, -0.15) is 0 Å². The first kappa shape index (κ1) is 10.2. The van der Waals surface area contributed by atoms with Gasteiger partial charge in [0.25, 0.3) is 5.03 Å². The number of thiazole rings is 1. The molecule has 7 heteroatoms. The molecule has 0 saturated carbocycles. The number of rotatable bonds is 2. The number of nitrogen functional groups attached to an aromatic ring is 1. The van der Waals surface area contributed by atoms with E-state index in [2.05, 4.69) is 9.97 Å². The molecule has 0 saturated heterocycles. The third-order valence-electron chi connectivity index (χ3n) is 1.61. The Labute approximate surface area is 92.8 Å². The number of aromatic hydroxyl groups is 1. The fourth-order valence-corrected chi connectivity index (χ4v) is 2.94. The van der Waals surface area contributed by atoms with Crippen molar-refractivity contribution >= 4 is 27.6 Å². The van der Waals surface area contributed by atoms with Gasteiger partial charge in [-0.15, -0.1) is 0 Å². The smallest absolute Gasteiger partial charge is 0.293 e. The number of anilines is 1. The van der Waals surface area contributed by atoms with Crippen LogP contribution in [0.2, 0.25) is 0 Å². The van der Waals surface area contributed by atoms with E-state index in [1.807, 2.05) is 0 Å². The predicted molar refractivity (Wildman–Crippen MR) is 57.1 cm³/mol. The van der Waals surface area contributed by atoms with E-state index in [-0.39, 0.29) is 10.8 Å². The summed E-state index contributed by atoms with van der Waals surface area (Å²) in [7, 11) is 0. The maximum absolute atomic E-state index is 11.9. The molecule has 0 aliphatic carbocycles. The van der Waals surface area contributed by atoms with Crippen LogP contribution < -0.4 is 5.73 Å². The summed E-state index contributed by atoms with van der Waals surface area (Å²) < 4.78 is 12.4. The second kappa shape index (κ2) is 4.05. The Morgan fingerprint density at radius 1 is 1.47 bits per heavy atom. The molecule has 5 nitrogen and oxygen atoms in total. The lowest BCUT2D eigenvalue weighted by Gasteiger charge is -2.05. The van der Waals surface area contributed by atoms with E-state index in [1.54, 1.807) is 6.07 Å². The Morgan fingerprint density at radius 3 is 2.87 bits per heavy atom. The molecule has 0 amide bonds. The summed E-state index contributed by atoms with van der Waals surface area (Å²) in [4.78, 5) is 7.64. The fraction of sp³-hybridized carbons (Fsp3) is 0. The number of pyridine rings is 1. The van der Waals surface area contributed by atoms with Gasteiger partial charge >= 0.3 is 0 Å². The quantitative estimate of drug-likeness (QED) is 0.764. The third-order valence-corrected chi connectivity index (χ3v) is 4.07. The average Bonchev–Trinajstić information content (AvgIpc) is 2.65. The average molecular weight is 241 g/mol. The second-order valence-corrected chi connectivity index (χ2v) is 5.30. The summed E-state index contributed by atoms with van der Waals surface area (Å²) in [5.74, 6) is -0.0946. The van der Waals surface area contributed by atoms with Crippen molar-refractivity contribution in [3.8, 4) is 5.75 Å². The third kappa shape index (κ3) is 2.04. The second-order valence-electron chi connectivity index (χ2n) is 2.61.